The minimum atomic E-state index is -0.0432. The molecule has 0 radical (unpaired) electrons. The standard InChI is InChI=1S/C20H22N6OS/c1-15-7-5-12-25(13-15)19(27)18-17(14-28-20-21-10-6-11-22-20)26(24-23-18)16-8-3-2-4-9-16/h2-4,6,8-11,15H,5,7,12-14H2,1H3. The fraction of sp³-hybridized carbons (Fsp3) is 0.350. The molecular weight excluding hydrogens is 372 g/mol. The second-order valence-corrected chi connectivity index (χ2v) is 7.89. The van der Waals surface area contributed by atoms with Crippen LogP contribution in [0.5, 0.6) is 0 Å². The largest absolute Gasteiger partial charge is 0.337 e. The Morgan fingerprint density at radius 1 is 1.18 bits per heavy atom. The normalized spacial score (nSPS) is 16.9. The SMILES string of the molecule is CC1CCCN(C(=O)c2nnn(-c3ccccc3)c2CSc2ncccn2)C1. The molecule has 8 heteroatoms. The summed E-state index contributed by atoms with van der Waals surface area (Å²) < 4.78 is 1.75. The van der Waals surface area contributed by atoms with Gasteiger partial charge in [-0.3, -0.25) is 4.79 Å². The zero-order valence-electron chi connectivity index (χ0n) is 15.7. The number of thioether (sulfide) groups is 1. The number of hydrogen-bond donors (Lipinski definition) is 0. The van der Waals surface area contributed by atoms with Crippen LogP contribution in [0.2, 0.25) is 0 Å². The van der Waals surface area contributed by atoms with E-state index in [-0.39, 0.29) is 5.91 Å². The highest BCUT2D eigenvalue weighted by Gasteiger charge is 2.28. The van der Waals surface area contributed by atoms with Crippen molar-refractivity contribution in [1.82, 2.24) is 29.9 Å². The van der Waals surface area contributed by atoms with Crippen molar-refractivity contribution in [3.63, 3.8) is 0 Å². The van der Waals surface area contributed by atoms with Crippen LogP contribution in [0.3, 0.4) is 0 Å². The number of likely N-dealkylation sites (tertiary alicyclic amines) is 1. The molecule has 3 aromatic rings. The van der Waals surface area contributed by atoms with E-state index in [9.17, 15) is 4.79 Å². The lowest BCUT2D eigenvalue weighted by Crippen LogP contribution is -2.39. The number of carbonyl (C=O) groups excluding carboxylic acids is 1. The summed E-state index contributed by atoms with van der Waals surface area (Å²) in [7, 11) is 0. The average Bonchev–Trinajstić information content (AvgIpc) is 3.17. The summed E-state index contributed by atoms with van der Waals surface area (Å²) in [6, 6.07) is 11.5. The van der Waals surface area contributed by atoms with Gasteiger partial charge in [-0.25, -0.2) is 14.6 Å². The van der Waals surface area contributed by atoms with E-state index in [1.54, 1.807) is 23.1 Å². The van der Waals surface area contributed by atoms with E-state index in [0.717, 1.165) is 37.3 Å². The number of amides is 1. The lowest BCUT2D eigenvalue weighted by molar-refractivity contribution is 0.0676. The Balaban J connectivity index is 1.65. The predicted molar refractivity (Wildman–Crippen MR) is 107 cm³/mol. The zero-order valence-corrected chi connectivity index (χ0v) is 16.5. The molecule has 1 aliphatic heterocycles. The summed E-state index contributed by atoms with van der Waals surface area (Å²) in [4.78, 5) is 23.6. The molecule has 1 saturated heterocycles. The Bertz CT molecular complexity index is 930. The first kappa shape index (κ1) is 18.6. The smallest absolute Gasteiger partial charge is 0.276 e. The van der Waals surface area contributed by atoms with Crippen molar-refractivity contribution in [3.8, 4) is 5.69 Å². The molecule has 28 heavy (non-hydrogen) atoms. The Labute approximate surface area is 168 Å². The molecule has 144 valence electrons. The molecule has 7 nitrogen and oxygen atoms in total. The maximum Gasteiger partial charge on any atom is 0.276 e. The highest BCUT2D eigenvalue weighted by Crippen LogP contribution is 2.25. The van der Waals surface area contributed by atoms with Crippen molar-refractivity contribution < 1.29 is 4.79 Å². The van der Waals surface area contributed by atoms with Crippen LogP contribution < -0.4 is 0 Å². The first-order valence-corrected chi connectivity index (χ1v) is 10.4. The molecule has 0 aliphatic carbocycles. The molecule has 1 fully saturated rings. The Hall–Kier alpha value is -2.74. The minimum Gasteiger partial charge on any atom is -0.337 e. The molecule has 1 aromatic carbocycles. The second kappa shape index (κ2) is 8.52. The third-order valence-electron chi connectivity index (χ3n) is 4.79. The highest BCUT2D eigenvalue weighted by atomic mass is 32.2. The molecule has 2 aromatic heterocycles. The topological polar surface area (TPSA) is 76.8 Å². The third kappa shape index (κ3) is 4.06. The third-order valence-corrected chi connectivity index (χ3v) is 5.68. The van der Waals surface area contributed by atoms with Gasteiger partial charge in [0.25, 0.3) is 5.91 Å². The van der Waals surface area contributed by atoms with Gasteiger partial charge >= 0.3 is 0 Å². The number of nitrogens with zero attached hydrogens (tertiary/aromatic N) is 6. The average molecular weight is 395 g/mol. The van der Waals surface area contributed by atoms with Crippen LogP contribution in [0.15, 0.2) is 53.9 Å². The van der Waals surface area contributed by atoms with Gasteiger partial charge in [0.1, 0.15) is 0 Å². The van der Waals surface area contributed by atoms with Crippen LogP contribution in [0, 0.1) is 5.92 Å². The van der Waals surface area contributed by atoms with E-state index in [4.69, 9.17) is 0 Å². The van der Waals surface area contributed by atoms with Crippen molar-refractivity contribution in [1.29, 1.82) is 0 Å². The van der Waals surface area contributed by atoms with Gasteiger partial charge in [-0.15, -0.1) is 5.10 Å². The van der Waals surface area contributed by atoms with Gasteiger partial charge in [0.05, 0.1) is 11.4 Å². The molecule has 0 bridgehead atoms. The van der Waals surface area contributed by atoms with Gasteiger partial charge in [0.2, 0.25) is 0 Å². The number of aromatic nitrogens is 5. The maximum atomic E-state index is 13.2. The van der Waals surface area contributed by atoms with Crippen molar-refractivity contribution in [2.45, 2.75) is 30.7 Å². The number of piperidine rings is 1. The molecular formula is C20H22N6OS. The molecule has 0 N–H and O–H groups in total. The minimum absolute atomic E-state index is 0.0432. The summed E-state index contributed by atoms with van der Waals surface area (Å²) in [6.45, 7) is 3.73. The molecule has 1 atom stereocenters. The van der Waals surface area contributed by atoms with Gasteiger partial charge < -0.3 is 4.90 Å². The fourth-order valence-corrected chi connectivity index (χ4v) is 4.19. The second-order valence-electron chi connectivity index (χ2n) is 6.95. The number of carbonyl (C=O) groups is 1. The molecule has 1 unspecified atom stereocenters. The summed E-state index contributed by atoms with van der Waals surface area (Å²) >= 11 is 1.47. The summed E-state index contributed by atoms with van der Waals surface area (Å²) in [5, 5.41) is 9.23. The van der Waals surface area contributed by atoms with E-state index in [1.165, 1.54) is 11.8 Å². The number of rotatable bonds is 5. The molecule has 1 aliphatic rings. The monoisotopic (exact) mass is 394 g/mol. The van der Waals surface area contributed by atoms with Crippen LogP contribution in [0.25, 0.3) is 5.69 Å². The van der Waals surface area contributed by atoms with Crippen molar-refractivity contribution >= 4 is 17.7 Å². The number of benzene rings is 1. The Morgan fingerprint density at radius 2 is 1.96 bits per heavy atom. The van der Waals surface area contributed by atoms with Crippen molar-refractivity contribution in [2.75, 3.05) is 13.1 Å². The van der Waals surface area contributed by atoms with Gasteiger partial charge in [-0.1, -0.05) is 42.1 Å². The van der Waals surface area contributed by atoms with Crippen molar-refractivity contribution in [3.05, 3.63) is 60.2 Å². The zero-order chi connectivity index (χ0) is 19.3. The van der Waals surface area contributed by atoms with E-state index in [1.807, 2.05) is 35.2 Å². The van der Waals surface area contributed by atoms with E-state index in [0.29, 0.717) is 22.5 Å². The number of para-hydroxylation sites is 1. The van der Waals surface area contributed by atoms with Crippen LogP contribution in [0.4, 0.5) is 0 Å². The Kier molecular flexibility index (Phi) is 5.66. The molecule has 4 rings (SSSR count). The van der Waals surface area contributed by atoms with E-state index in [2.05, 4.69) is 27.2 Å². The van der Waals surface area contributed by atoms with Gasteiger partial charge in [0.15, 0.2) is 10.9 Å². The fourth-order valence-electron chi connectivity index (χ4n) is 3.39. The summed E-state index contributed by atoms with van der Waals surface area (Å²) in [6.07, 6.45) is 5.61. The number of hydrogen-bond acceptors (Lipinski definition) is 6. The lowest BCUT2D eigenvalue weighted by Gasteiger charge is -2.30. The van der Waals surface area contributed by atoms with E-state index < -0.39 is 0 Å². The summed E-state index contributed by atoms with van der Waals surface area (Å²) in [5.41, 5.74) is 2.07. The maximum absolute atomic E-state index is 13.2. The van der Waals surface area contributed by atoms with Crippen molar-refractivity contribution in [2.24, 2.45) is 5.92 Å². The highest BCUT2D eigenvalue weighted by molar-refractivity contribution is 7.98. The summed E-state index contributed by atoms with van der Waals surface area (Å²) in [5.74, 6) is 0.979. The van der Waals surface area contributed by atoms with E-state index >= 15 is 0 Å². The first-order valence-electron chi connectivity index (χ1n) is 9.41. The molecule has 1 amide bonds. The molecule has 0 spiro atoms. The Morgan fingerprint density at radius 3 is 2.71 bits per heavy atom. The van der Waals surface area contributed by atoms with Crippen LogP contribution >= 0.6 is 11.8 Å². The lowest BCUT2D eigenvalue weighted by atomic mass is 10.00. The van der Waals surface area contributed by atoms with Gasteiger partial charge in [-0.2, -0.15) is 0 Å². The predicted octanol–water partition coefficient (Wildman–Crippen LogP) is 3.22. The van der Waals surface area contributed by atoms with Gasteiger partial charge in [-0.05, 0) is 37.0 Å². The molecule has 3 heterocycles. The van der Waals surface area contributed by atoms with Gasteiger partial charge in [0, 0.05) is 31.2 Å². The first-order chi connectivity index (χ1) is 13.7. The van der Waals surface area contributed by atoms with Crippen LogP contribution in [-0.2, 0) is 5.75 Å². The molecule has 0 saturated carbocycles. The van der Waals surface area contributed by atoms with Crippen LogP contribution in [-0.4, -0.2) is 48.9 Å². The quantitative estimate of drug-likeness (QED) is 0.488. The van der Waals surface area contributed by atoms with Crippen LogP contribution in [0.1, 0.15) is 35.9 Å².